The first kappa shape index (κ1) is 21.5. The highest BCUT2D eigenvalue weighted by Gasteiger charge is 2.24. The molecule has 11 nitrogen and oxygen atoms in total. The van der Waals surface area contributed by atoms with Gasteiger partial charge in [-0.2, -0.15) is 9.78 Å². The fourth-order valence-corrected chi connectivity index (χ4v) is 3.92. The second kappa shape index (κ2) is 9.62. The third-order valence-electron chi connectivity index (χ3n) is 4.15. The first-order valence-electron chi connectivity index (χ1n) is 9.05. The molecule has 0 unspecified atom stereocenters. The molecule has 4 N–H and O–H groups in total. The van der Waals surface area contributed by atoms with Crippen molar-refractivity contribution >= 4 is 45.6 Å². The number of nitrogens with one attached hydrogen (secondary N) is 1. The number of aromatic nitrogens is 5. The number of benzene rings is 2. The van der Waals surface area contributed by atoms with E-state index in [-0.39, 0.29) is 23.1 Å². The van der Waals surface area contributed by atoms with E-state index in [0.717, 1.165) is 9.37 Å². The fraction of sp³-hybridized carbons (Fsp3) is 0.0526. The van der Waals surface area contributed by atoms with Gasteiger partial charge < -0.3 is 10.8 Å². The van der Waals surface area contributed by atoms with Crippen molar-refractivity contribution in [3.8, 4) is 11.6 Å². The van der Waals surface area contributed by atoms with Crippen molar-refractivity contribution in [1.82, 2.24) is 30.7 Å². The second-order valence-electron chi connectivity index (χ2n) is 6.27. The monoisotopic (exact) mass is 514 g/mol. The molecular weight excluding hydrogens is 500 g/mol. The van der Waals surface area contributed by atoms with Crippen LogP contribution in [-0.2, 0) is 5.75 Å². The molecule has 0 saturated carbocycles. The Hall–Kier alpha value is -3.71. The van der Waals surface area contributed by atoms with E-state index in [2.05, 4.69) is 51.7 Å². The number of carbonyl (C=O) groups excluding carboxylic acids is 1. The predicted molar refractivity (Wildman–Crippen MR) is 120 cm³/mol. The zero-order chi connectivity index (χ0) is 22.5. The van der Waals surface area contributed by atoms with E-state index < -0.39 is 5.91 Å². The molecule has 0 saturated heterocycles. The maximum absolute atomic E-state index is 12.8. The van der Waals surface area contributed by atoms with Crippen LogP contribution in [0.2, 0.25) is 0 Å². The van der Waals surface area contributed by atoms with Gasteiger partial charge in [-0.15, -0.1) is 16.9 Å². The Bertz CT molecular complexity index is 1270. The summed E-state index contributed by atoms with van der Waals surface area (Å²) in [6, 6.07) is 14.5. The summed E-state index contributed by atoms with van der Waals surface area (Å²) < 4.78 is 6.71. The van der Waals surface area contributed by atoms with Gasteiger partial charge in [0.25, 0.3) is 5.91 Å². The highest BCUT2D eigenvalue weighted by atomic mass is 79.9. The van der Waals surface area contributed by atoms with E-state index in [1.807, 2.05) is 30.3 Å². The molecule has 0 spiro atoms. The number of hydrogen-bond donors (Lipinski definition) is 3. The summed E-state index contributed by atoms with van der Waals surface area (Å²) in [6.45, 7) is 0. The van der Waals surface area contributed by atoms with Gasteiger partial charge in [0.15, 0.2) is 5.69 Å². The van der Waals surface area contributed by atoms with Crippen LogP contribution in [0.25, 0.3) is 5.82 Å². The average Bonchev–Trinajstić information content (AvgIpc) is 3.41. The lowest BCUT2D eigenvalue weighted by molar-refractivity contribution is 0.0949. The van der Waals surface area contributed by atoms with Crippen LogP contribution in [0.1, 0.15) is 21.7 Å². The number of nitrogens with two attached hydrogens (primary N) is 1. The smallest absolute Gasteiger partial charge is 0.293 e. The third kappa shape index (κ3) is 4.78. The molecule has 162 valence electrons. The van der Waals surface area contributed by atoms with Gasteiger partial charge in [-0.05, 0) is 40.6 Å². The lowest BCUT2D eigenvalue weighted by atomic mass is 10.2. The van der Waals surface area contributed by atoms with Crippen LogP contribution in [0, 0.1) is 0 Å². The van der Waals surface area contributed by atoms with Gasteiger partial charge in [0.1, 0.15) is 5.75 Å². The van der Waals surface area contributed by atoms with Crippen LogP contribution in [-0.4, -0.2) is 42.5 Å². The van der Waals surface area contributed by atoms with Gasteiger partial charge in [-0.1, -0.05) is 39.3 Å². The van der Waals surface area contributed by atoms with E-state index in [9.17, 15) is 9.90 Å². The van der Waals surface area contributed by atoms with Crippen LogP contribution >= 0.6 is 27.7 Å². The molecule has 0 aliphatic carbocycles. The minimum Gasteiger partial charge on any atom is -0.507 e. The van der Waals surface area contributed by atoms with E-state index >= 15 is 0 Å². The van der Waals surface area contributed by atoms with Crippen molar-refractivity contribution in [2.45, 2.75) is 10.6 Å². The summed E-state index contributed by atoms with van der Waals surface area (Å²) in [5, 5.41) is 29.1. The minimum absolute atomic E-state index is 0.0102. The largest absolute Gasteiger partial charge is 0.507 e. The van der Waals surface area contributed by atoms with Crippen LogP contribution in [0.4, 0.5) is 5.82 Å². The number of thioether (sulfide) groups is 1. The summed E-state index contributed by atoms with van der Waals surface area (Å²) in [7, 11) is 0. The Morgan fingerprint density at radius 3 is 2.84 bits per heavy atom. The first-order chi connectivity index (χ1) is 15.5. The van der Waals surface area contributed by atoms with Gasteiger partial charge in [0, 0.05) is 20.7 Å². The van der Waals surface area contributed by atoms with E-state index in [0.29, 0.717) is 17.0 Å². The number of nitrogen functional groups attached to an aromatic ring is 1. The summed E-state index contributed by atoms with van der Waals surface area (Å²) in [4.78, 5) is 13.8. The van der Waals surface area contributed by atoms with Crippen LogP contribution < -0.4 is 11.2 Å². The number of halogens is 1. The first-order valence-corrected chi connectivity index (χ1v) is 10.8. The predicted octanol–water partition coefficient (Wildman–Crippen LogP) is 2.76. The number of amides is 1. The van der Waals surface area contributed by atoms with E-state index in [1.54, 1.807) is 12.1 Å². The normalized spacial score (nSPS) is 11.2. The topological polar surface area (TPSA) is 157 Å². The van der Waals surface area contributed by atoms with Gasteiger partial charge in [-0.25, -0.2) is 10.1 Å². The third-order valence-corrected chi connectivity index (χ3v) is 5.67. The molecule has 4 aromatic rings. The lowest BCUT2D eigenvalue weighted by Crippen LogP contribution is -2.20. The average molecular weight is 515 g/mol. The Morgan fingerprint density at radius 1 is 1.28 bits per heavy atom. The summed E-state index contributed by atoms with van der Waals surface area (Å²) >= 11 is 4.79. The summed E-state index contributed by atoms with van der Waals surface area (Å²) in [5.74, 6) is -0.104. The standard InChI is InChI=1S/C19H15BrN8O3S/c20-12-6-7-15(29)11(8-12)9-22-24-19(30)16-14(10-32-13-4-2-1-3-5-13)28(27-23-16)18-17(21)25-31-26-18/h1-9,29H,10H2,(H2,21,25)(H,24,30)/b22-9+. The molecule has 0 bridgehead atoms. The van der Waals surface area contributed by atoms with Gasteiger partial charge in [0.2, 0.25) is 11.6 Å². The number of rotatable bonds is 7. The highest BCUT2D eigenvalue weighted by molar-refractivity contribution is 9.10. The van der Waals surface area contributed by atoms with Gasteiger partial charge >= 0.3 is 0 Å². The number of phenols is 1. The second-order valence-corrected chi connectivity index (χ2v) is 8.24. The fourth-order valence-electron chi connectivity index (χ4n) is 2.63. The molecule has 1 amide bonds. The molecule has 0 aliphatic heterocycles. The molecule has 32 heavy (non-hydrogen) atoms. The minimum atomic E-state index is -0.597. The van der Waals surface area contributed by atoms with Crippen LogP contribution in [0.15, 0.2) is 67.6 Å². The molecule has 0 fully saturated rings. The summed E-state index contributed by atoms with van der Waals surface area (Å²) in [5.41, 5.74) is 9.07. The molecule has 2 heterocycles. The maximum atomic E-state index is 12.8. The number of anilines is 1. The lowest BCUT2D eigenvalue weighted by Gasteiger charge is -2.06. The van der Waals surface area contributed by atoms with Crippen molar-refractivity contribution in [2.75, 3.05) is 5.73 Å². The number of aromatic hydroxyl groups is 1. The molecule has 2 aromatic heterocycles. The molecule has 4 rings (SSSR count). The molecule has 0 atom stereocenters. The van der Waals surface area contributed by atoms with Crippen molar-refractivity contribution in [1.29, 1.82) is 0 Å². The van der Waals surface area contributed by atoms with E-state index in [4.69, 9.17) is 5.73 Å². The quantitative estimate of drug-likeness (QED) is 0.191. The molecule has 0 radical (unpaired) electrons. The zero-order valence-electron chi connectivity index (χ0n) is 16.2. The molecule has 2 aromatic carbocycles. The Kier molecular flexibility index (Phi) is 6.47. The van der Waals surface area contributed by atoms with Crippen LogP contribution in [0.3, 0.4) is 0 Å². The van der Waals surface area contributed by atoms with Crippen molar-refractivity contribution in [2.24, 2.45) is 5.10 Å². The Morgan fingerprint density at radius 2 is 2.09 bits per heavy atom. The number of hydrogen-bond acceptors (Lipinski definition) is 10. The van der Waals surface area contributed by atoms with Crippen molar-refractivity contribution in [3.05, 3.63) is 70.0 Å². The van der Waals surface area contributed by atoms with Crippen molar-refractivity contribution in [3.63, 3.8) is 0 Å². The highest BCUT2D eigenvalue weighted by Crippen LogP contribution is 2.26. The van der Waals surface area contributed by atoms with E-state index in [1.165, 1.54) is 28.7 Å². The molecular formula is C19H15BrN8O3S. The van der Waals surface area contributed by atoms with Crippen LogP contribution in [0.5, 0.6) is 5.75 Å². The number of nitrogens with zero attached hydrogens (tertiary/aromatic N) is 6. The Balaban J connectivity index is 1.58. The number of hydrazone groups is 1. The van der Waals surface area contributed by atoms with Crippen molar-refractivity contribution < 1.29 is 14.5 Å². The SMILES string of the molecule is Nc1nonc1-n1nnc(C(=O)N/N=C/c2cc(Br)ccc2O)c1CSc1ccccc1. The molecule has 0 aliphatic rings. The number of phenolic OH excluding ortho intramolecular Hbond substituents is 1. The maximum Gasteiger partial charge on any atom is 0.293 e. The number of carbonyl (C=O) groups is 1. The molecule has 13 heteroatoms. The Labute approximate surface area is 193 Å². The van der Waals surface area contributed by atoms with Gasteiger partial charge in [-0.3, -0.25) is 4.79 Å². The zero-order valence-corrected chi connectivity index (χ0v) is 18.6. The van der Waals surface area contributed by atoms with Gasteiger partial charge in [0.05, 0.1) is 11.9 Å². The summed E-state index contributed by atoms with van der Waals surface area (Å²) in [6.07, 6.45) is 1.32.